The van der Waals surface area contributed by atoms with Crippen LogP contribution in [0.5, 0.6) is 0 Å². The van der Waals surface area contributed by atoms with Crippen LogP contribution in [0.15, 0.2) is 36.5 Å². The zero-order chi connectivity index (χ0) is 18.4. The molecule has 0 aliphatic carbocycles. The Hall–Kier alpha value is -3.18. The molecule has 2 aromatic heterocycles. The maximum Gasteiger partial charge on any atom is 0.227 e. The summed E-state index contributed by atoms with van der Waals surface area (Å²) in [6, 6.07) is 11.6. The number of nitrogens with one attached hydrogen (secondary N) is 1. The molecule has 3 aromatic rings. The predicted molar refractivity (Wildman–Crippen MR) is 97.2 cm³/mol. The monoisotopic (exact) mass is 365 g/mol. The lowest BCUT2D eigenvalue weighted by atomic mass is 10.2. The first-order chi connectivity index (χ1) is 12.7. The molecule has 0 atom stereocenters. The second-order valence-corrected chi connectivity index (χ2v) is 6.57. The number of Topliss-reactive ketones (excluding diaryl/α,β-unsaturated/α-hetero) is 1. The Kier molecular flexibility index (Phi) is 5.61. The third-order valence-corrected chi connectivity index (χ3v) is 4.49. The van der Waals surface area contributed by atoms with E-state index in [2.05, 4.69) is 20.3 Å². The minimum atomic E-state index is -0.294. The van der Waals surface area contributed by atoms with Gasteiger partial charge in [-0.25, -0.2) is 15.0 Å². The van der Waals surface area contributed by atoms with Gasteiger partial charge in [-0.1, -0.05) is 41.7 Å². The molecule has 0 bridgehead atoms. The summed E-state index contributed by atoms with van der Waals surface area (Å²) in [7, 11) is 0. The van der Waals surface area contributed by atoms with Gasteiger partial charge in [-0.15, -0.1) is 0 Å². The Morgan fingerprint density at radius 1 is 1.19 bits per heavy atom. The largest absolute Gasteiger partial charge is 0.349 e. The van der Waals surface area contributed by atoms with E-state index >= 15 is 0 Å². The number of nitrogens with zero attached hydrogens (tertiary/aromatic N) is 4. The first kappa shape index (κ1) is 17.6. The summed E-state index contributed by atoms with van der Waals surface area (Å²) >= 11 is 1.31. The van der Waals surface area contributed by atoms with Crippen LogP contribution in [0.1, 0.15) is 17.8 Å². The average Bonchev–Trinajstić information content (AvgIpc) is 3.06. The summed E-state index contributed by atoms with van der Waals surface area (Å²) in [5.74, 6) is -0.460. The van der Waals surface area contributed by atoms with Gasteiger partial charge in [-0.05, 0) is 0 Å². The number of benzene rings is 1. The van der Waals surface area contributed by atoms with Crippen LogP contribution in [0.25, 0.3) is 21.7 Å². The SMILES string of the molecule is N#CCCC(=O)CNC(=O)Cc1nc2ncc(-c3ccccc3)nc2s1. The second kappa shape index (κ2) is 8.27. The molecule has 0 unspecified atom stereocenters. The first-order valence-corrected chi connectivity index (χ1v) is 8.80. The van der Waals surface area contributed by atoms with Crippen molar-refractivity contribution < 1.29 is 9.59 Å². The lowest BCUT2D eigenvalue weighted by Crippen LogP contribution is -2.30. The van der Waals surface area contributed by atoms with Crippen molar-refractivity contribution in [3.63, 3.8) is 0 Å². The molecule has 2 heterocycles. The van der Waals surface area contributed by atoms with Gasteiger partial charge in [0.25, 0.3) is 0 Å². The molecule has 7 nitrogen and oxygen atoms in total. The number of carbonyl (C=O) groups excluding carboxylic acids is 2. The predicted octanol–water partition coefficient (Wildman–Crippen LogP) is 2.28. The normalized spacial score (nSPS) is 10.4. The van der Waals surface area contributed by atoms with Crippen molar-refractivity contribution in [2.75, 3.05) is 6.54 Å². The number of carbonyl (C=O) groups is 2. The molecule has 0 fully saturated rings. The van der Waals surface area contributed by atoms with Crippen molar-refractivity contribution in [2.24, 2.45) is 0 Å². The van der Waals surface area contributed by atoms with E-state index in [1.807, 2.05) is 36.4 Å². The van der Waals surface area contributed by atoms with Gasteiger partial charge < -0.3 is 5.32 Å². The van der Waals surface area contributed by atoms with Gasteiger partial charge in [-0.2, -0.15) is 5.26 Å². The standard InChI is InChI=1S/C18H15N5O2S/c19-8-4-7-13(24)10-20-15(25)9-16-23-17-18(26-16)22-14(11-21-17)12-5-2-1-3-6-12/h1-3,5-6,11H,4,7,9-10H2,(H,20,25). The average molecular weight is 365 g/mol. The highest BCUT2D eigenvalue weighted by Crippen LogP contribution is 2.23. The fraction of sp³-hybridized carbons (Fsp3) is 0.222. The summed E-state index contributed by atoms with van der Waals surface area (Å²) < 4.78 is 0. The van der Waals surface area contributed by atoms with Gasteiger partial charge in [0.05, 0.1) is 30.9 Å². The van der Waals surface area contributed by atoms with Crippen molar-refractivity contribution >= 4 is 33.5 Å². The van der Waals surface area contributed by atoms with Crippen molar-refractivity contribution in [1.82, 2.24) is 20.3 Å². The minimum Gasteiger partial charge on any atom is -0.349 e. The lowest BCUT2D eigenvalue weighted by Gasteiger charge is -2.01. The van der Waals surface area contributed by atoms with E-state index in [1.165, 1.54) is 11.3 Å². The molecular weight excluding hydrogens is 350 g/mol. The van der Waals surface area contributed by atoms with Gasteiger partial charge in [0.2, 0.25) is 5.91 Å². The molecule has 1 amide bonds. The van der Waals surface area contributed by atoms with Crippen LogP contribution in [0, 0.1) is 11.3 Å². The summed E-state index contributed by atoms with van der Waals surface area (Å²) in [5.41, 5.74) is 2.22. The van der Waals surface area contributed by atoms with Crippen LogP contribution < -0.4 is 5.32 Å². The van der Waals surface area contributed by atoms with Crippen LogP contribution >= 0.6 is 11.3 Å². The van der Waals surface area contributed by atoms with E-state index < -0.39 is 0 Å². The minimum absolute atomic E-state index is 0.0644. The maximum atomic E-state index is 12.0. The van der Waals surface area contributed by atoms with E-state index in [1.54, 1.807) is 6.20 Å². The van der Waals surface area contributed by atoms with Crippen molar-refractivity contribution in [3.8, 4) is 17.3 Å². The van der Waals surface area contributed by atoms with Gasteiger partial charge >= 0.3 is 0 Å². The number of nitriles is 1. The molecule has 0 radical (unpaired) electrons. The van der Waals surface area contributed by atoms with Gasteiger partial charge in [-0.3, -0.25) is 9.59 Å². The van der Waals surface area contributed by atoms with E-state index in [0.717, 1.165) is 11.3 Å². The number of amides is 1. The molecule has 8 heteroatoms. The highest BCUT2D eigenvalue weighted by atomic mass is 32.1. The van der Waals surface area contributed by atoms with Crippen molar-refractivity contribution in [3.05, 3.63) is 41.5 Å². The fourth-order valence-corrected chi connectivity index (χ4v) is 3.16. The molecule has 1 N–H and O–H groups in total. The third kappa shape index (κ3) is 4.46. The number of hydrogen-bond donors (Lipinski definition) is 1. The molecular formula is C18H15N5O2S. The van der Waals surface area contributed by atoms with Crippen molar-refractivity contribution in [2.45, 2.75) is 19.3 Å². The van der Waals surface area contributed by atoms with E-state index in [9.17, 15) is 9.59 Å². The maximum absolute atomic E-state index is 12.0. The Morgan fingerprint density at radius 2 is 2.00 bits per heavy atom. The number of fused-ring (bicyclic) bond motifs is 1. The lowest BCUT2D eigenvalue weighted by molar-refractivity contribution is -0.124. The van der Waals surface area contributed by atoms with Crippen LogP contribution in [-0.4, -0.2) is 33.2 Å². The van der Waals surface area contributed by atoms with Crippen LogP contribution in [-0.2, 0) is 16.0 Å². The molecule has 0 aliphatic heterocycles. The molecule has 130 valence electrons. The zero-order valence-electron chi connectivity index (χ0n) is 13.8. The highest BCUT2D eigenvalue weighted by molar-refractivity contribution is 7.18. The Balaban J connectivity index is 1.65. The smallest absolute Gasteiger partial charge is 0.227 e. The molecule has 0 saturated carbocycles. The molecule has 0 aliphatic rings. The summed E-state index contributed by atoms with van der Waals surface area (Å²) in [5, 5.41) is 11.6. The first-order valence-electron chi connectivity index (χ1n) is 7.99. The molecule has 26 heavy (non-hydrogen) atoms. The molecule has 1 aromatic carbocycles. The number of ketones is 1. The second-order valence-electron chi connectivity index (χ2n) is 5.51. The van der Waals surface area contributed by atoms with Crippen LogP contribution in [0.4, 0.5) is 0 Å². The molecule has 0 saturated heterocycles. The third-order valence-electron chi connectivity index (χ3n) is 3.55. The van der Waals surface area contributed by atoms with E-state index in [0.29, 0.717) is 15.5 Å². The number of aromatic nitrogens is 3. The van der Waals surface area contributed by atoms with Crippen molar-refractivity contribution in [1.29, 1.82) is 5.26 Å². The Bertz CT molecular complexity index is 978. The topological polar surface area (TPSA) is 109 Å². The molecule has 3 rings (SSSR count). The highest BCUT2D eigenvalue weighted by Gasteiger charge is 2.12. The fourth-order valence-electron chi connectivity index (χ4n) is 2.27. The van der Waals surface area contributed by atoms with Crippen LogP contribution in [0.3, 0.4) is 0 Å². The summed E-state index contributed by atoms with van der Waals surface area (Å²) in [6.07, 6.45) is 2.03. The number of thiazole rings is 1. The summed E-state index contributed by atoms with van der Waals surface area (Å²) in [4.78, 5) is 37.3. The Labute approximate surface area is 153 Å². The zero-order valence-corrected chi connectivity index (χ0v) is 14.6. The molecule has 0 spiro atoms. The quantitative estimate of drug-likeness (QED) is 0.688. The van der Waals surface area contributed by atoms with E-state index in [-0.39, 0.29) is 37.5 Å². The number of hydrogen-bond acceptors (Lipinski definition) is 7. The number of rotatable bonds is 7. The Morgan fingerprint density at radius 3 is 2.77 bits per heavy atom. The van der Waals surface area contributed by atoms with Gasteiger partial charge in [0, 0.05) is 18.4 Å². The summed E-state index contributed by atoms with van der Waals surface area (Å²) in [6.45, 7) is -0.0694. The van der Waals surface area contributed by atoms with Gasteiger partial charge in [0.15, 0.2) is 16.3 Å². The van der Waals surface area contributed by atoms with Crippen LogP contribution in [0.2, 0.25) is 0 Å². The van der Waals surface area contributed by atoms with E-state index in [4.69, 9.17) is 5.26 Å². The van der Waals surface area contributed by atoms with Gasteiger partial charge in [0.1, 0.15) is 5.01 Å².